The van der Waals surface area contributed by atoms with Gasteiger partial charge in [-0.05, 0) is 55.4 Å². The van der Waals surface area contributed by atoms with Crippen LogP contribution in [0.2, 0.25) is 0 Å². The molecule has 0 aliphatic heterocycles. The van der Waals surface area contributed by atoms with Gasteiger partial charge in [0.25, 0.3) is 5.92 Å². The lowest BCUT2D eigenvalue weighted by Gasteiger charge is -2.30. The zero-order chi connectivity index (χ0) is 26.3. The maximum absolute atomic E-state index is 14.3. The van der Waals surface area contributed by atoms with E-state index in [-0.39, 0.29) is 36.6 Å². The van der Waals surface area contributed by atoms with Crippen LogP contribution in [0.1, 0.15) is 104 Å². The third-order valence-electron chi connectivity index (χ3n) is 7.25. The molecule has 0 heterocycles. The number of halogens is 2. The molecule has 35 heavy (non-hydrogen) atoms. The molecule has 0 spiro atoms. The summed E-state index contributed by atoms with van der Waals surface area (Å²) in [5.74, 6) is -3.32. The molecule has 0 radical (unpaired) electrons. The van der Waals surface area contributed by atoms with E-state index in [1.54, 1.807) is 6.92 Å². The molecule has 1 rings (SSSR count). The summed E-state index contributed by atoms with van der Waals surface area (Å²) < 4.78 is 33.9. The van der Waals surface area contributed by atoms with E-state index in [0.29, 0.717) is 32.3 Å². The third kappa shape index (κ3) is 12.8. The largest absolute Gasteiger partial charge is 0.461 e. The second kappa shape index (κ2) is 17.0. The summed E-state index contributed by atoms with van der Waals surface area (Å²) in [5.41, 5.74) is 0.974. The summed E-state index contributed by atoms with van der Waals surface area (Å²) in [6, 6.07) is 9.60. The maximum Gasteiger partial charge on any atom is 0.306 e. The SMILES string of the molecule is CC[C@H](C)CC(F)(F)C(O)CC[C@@H](C)[C@@H](CCCCCCC(=O)OCc1ccccc1)[C@@H](O)CC. The second-order valence-corrected chi connectivity index (χ2v) is 10.3. The number of aliphatic hydroxyl groups is 2. The molecule has 5 atom stereocenters. The predicted molar refractivity (Wildman–Crippen MR) is 137 cm³/mol. The standard InChI is InChI=1S/C29H48F2O4/c1-5-22(3)20-29(30,31)27(33)19-18-23(4)25(26(32)6-2)16-12-7-8-13-17-28(34)35-21-24-14-10-9-11-15-24/h9-11,14-15,22-23,25-27,32-33H,5-8,12-13,16-21H2,1-4H3/t22-,23+,25+,26-,27?/m0/s1. The second-order valence-electron chi connectivity index (χ2n) is 10.3. The molecule has 2 N–H and O–H groups in total. The molecule has 202 valence electrons. The quantitative estimate of drug-likeness (QED) is 0.155. The van der Waals surface area contributed by atoms with Crippen molar-refractivity contribution < 1.29 is 28.5 Å². The molecule has 0 bridgehead atoms. The van der Waals surface area contributed by atoms with Crippen LogP contribution in [-0.2, 0) is 16.1 Å². The first-order valence-corrected chi connectivity index (χ1v) is 13.5. The van der Waals surface area contributed by atoms with Gasteiger partial charge in [-0.1, -0.05) is 83.7 Å². The maximum atomic E-state index is 14.3. The number of carbonyl (C=O) groups is 1. The summed E-state index contributed by atoms with van der Waals surface area (Å²) in [5, 5.41) is 20.6. The Morgan fingerprint density at radius 2 is 1.60 bits per heavy atom. The molecule has 0 aromatic heterocycles. The molecule has 0 amide bonds. The van der Waals surface area contributed by atoms with Gasteiger partial charge in [-0.2, -0.15) is 0 Å². The Kier molecular flexibility index (Phi) is 15.3. The number of aliphatic hydroxyl groups excluding tert-OH is 2. The van der Waals surface area contributed by atoms with Crippen molar-refractivity contribution in [2.45, 2.75) is 123 Å². The van der Waals surface area contributed by atoms with Crippen molar-refractivity contribution in [3.05, 3.63) is 35.9 Å². The van der Waals surface area contributed by atoms with E-state index in [1.165, 1.54) is 0 Å². The lowest BCUT2D eigenvalue weighted by Crippen LogP contribution is -2.36. The number of unbranched alkanes of at least 4 members (excludes halogenated alkanes) is 3. The van der Waals surface area contributed by atoms with E-state index in [9.17, 15) is 23.8 Å². The Morgan fingerprint density at radius 3 is 2.23 bits per heavy atom. The van der Waals surface area contributed by atoms with Gasteiger partial charge in [-0.25, -0.2) is 8.78 Å². The van der Waals surface area contributed by atoms with Crippen LogP contribution in [0, 0.1) is 17.8 Å². The number of carbonyl (C=O) groups excluding carboxylic acids is 1. The highest BCUT2D eigenvalue weighted by Crippen LogP contribution is 2.34. The van der Waals surface area contributed by atoms with E-state index in [2.05, 4.69) is 0 Å². The Balaban J connectivity index is 2.33. The Hall–Kier alpha value is -1.53. The summed E-state index contributed by atoms with van der Waals surface area (Å²) in [4.78, 5) is 11.9. The zero-order valence-electron chi connectivity index (χ0n) is 22.2. The Bertz CT molecular complexity index is 683. The number of alkyl halides is 2. The van der Waals surface area contributed by atoms with Gasteiger partial charge in [0.1, 0.15) is 12.7 Å². The average Bonchev–Trinajstić information content (AvgIpc) is 2.85. The topological polar surface area (TPSA) is 66.8 Å². The van der Waals surface area contributed by atoms with Gasteiger partial charge in [0.2, 0.25) is 0 Å². The summed E-state index contributed by atoms with van der Waals surface area (Å²) in [7, 11) is 0. The minimum Gasteiger partial charge on any atom is -0.461 e. The first-order valence-electron chi connectivity index (χ1n) is 13.5. The van der Waals surface area contributed by atoms with Crippen molar-refractivity contribution in [2.24, 2.45) is 17.8 Å². The van der Waals surface area contributed by atoms with Crippen LogP contribution in [-0.4, -0.2) is 34.3 Å². The van der Waals surface area contributed by atoms with Gasteiger partial charge >= 0.3 is 5.97 Å². The third-order valence-corrected chi connectivity index (χ3v) is 7.25. The minimum atomic E-state index is -3.07. The van der Waals surface area contributed by atoms with Crippen molar-refractivity contribution >= 4 is 5.97 Å². The summed E-state index contributed by atoms with van der Waals surface area (Å²) in [6.07, 6.45) is 4.13. The predicted octanol–water partition coefficient (Wildman–Crippen LogP) is 7.31. The van der Waals surface area contributed by atoms with E-state index < -0.39 is 18.1 Å². The van der Waals surface area contributed by atoms with E-state index in [0.717, 1.165) is 37.7 Å². The minimum absolute atomic E-state index is 0.0197. The van der Waals surface area contributed by atoms with Crippen molar-refractivity contribution in [1.82, 2.24) is 0 Å². The number of hydrogen-bond donors (Lipinski definition) is 2. The lowest BCUT2D eigenvalue weighted by atomic mass is 9.80. The van der Waals surface area contributed by atoms with Crippen molar-refractivity contribution in [2.75, 3.05) is 0 Å². The average molecular weight is 499 g/mol. The van der Waals surface area contributed by atoms with Crippen molar-refractivity contribution in [3.63, 3.8) is 0 Å². The lowest BCUT2D eigenvalue weighted by molar-refractivity contribution is -0.145. The molecule has 0 aliphatic carbocycles. The molecule has 1 aromatic carbocycles. The molecule has 6 heteroatoms. The van der Waals surface area contributed by atoms with Gasteiger partial charge in [0.15, 0.2) is 0 Å². The number of rotatable bonds is 19. The fraction of sp³-hybridized carbons (Fsp3) is 0.759. The van der Waals surface area contributed by atoms with Crippen LogP contribution < -0.4 is 0 Å². The molecular formula is C29H48F2O4. The molecule has 1 unspecified atom stereocenters. The zero-order valence-corrected chi connectivity index (χ0v) is 22.2. The van der Waals surface area contributed by atoms with Gasteiger partial charge in [-0.15, -0.1) is 0 Å². The molecule has 0 aliphatic rings. The van der Waals surface area contributed by atoms with Gasteiger partial charge in [0.05, 0.1) is 6.10 Å². The molecule has 0 saturated heterocycles. The monoisotopic (exact) mass is 498 g/mol. The highest BCUT2D eigenvalue weighted by molar-refractivity contribution is 5.69. The number of ether oxygens (including phenoxy) is 1. The molecule has 1 aromatic rings. The Labute approximate surface area is 211 Å². The Morgan fingerprint density at radius 1 is 0.943 bits per heavy atom. The number of benzene rings is 1. The smallest absolute Gasteiger partial charge is 0.306 e. The highest BCUT2D eigenvalue weighted by Gasteiger charge is 2.39. The molecular weight excluding hydrogens is 450 g/mol. The van der Waals surface area contributed by atoms with Crippen LogP contribution in [0.25, 0.3) is 0 Å². The number of esters is 1. The highest BCUT2D eigenvalue weighted by atomic mass is 19.3. The van der Waals surface area contributed by atoms with Crippen LogP contribution in [0.4, 0.5) is 8.78 Å². The molecule has 0 saturated carbocycles. The fourth-order valence-corrected chi connectivity index (χ4v) is 4.56. The van der Waals surface area contributed by atoms with Crippen LogP contribution in [0.3, 0.4) is 0 Å². The van der Waals surface area contributed by atoms with Crippen LogP contribution >= 0.6 is 0 Å². The van der Waals surface area contributed by atoms with Crippen molar-refractivity contribution in [3.8, 4) is 0 Å². The fourth-order valence-electron chi connectivity index (χ4n) is 4.56. The van der Waals surface area contributed by atoms with Gasteiger partial charge < -0.3 is 14.9 Å². The molecule has 4 nitrogen and oxygen atoms in total. The summed E-state index contributed by atoms with van der Waals surface area (Å²) in [6.45, 7) is 7.88. The first-order chi connectivity index (χ1) is 16.6. The van der Waals surface area contributed by atoms with Gasteiger partial charge in [0, 0.05) is 12.8 Å². The van der Waals surface area contributed by atoms with E-state index in [1.807, 2.05) is 51.1 Å². The van der Waals surface area contributed by atoms with E-state index in [4.69, 9.17) is 4.74 Å². The van der Waals surface area contributed by atoms with Gasteiger partial charge in [-0.3, -0.25) is 4.79 Å². The summed E-state index contributed by atoms with van der Waals surface area (Å²) >= 11 is 0. The van der Waals surface area contributed by atoms with Crippen LogP contribution in [0.5, 0.6) is 0 Å². The first kappa shape index (κ1) is 31.5. The van der Waals surface area contributed by atoms with Crippen molar-refractivity contribution in [1.29, 1.82) is 0 Å². The van der Waals surface area contributed by atoms with E-state index >= 15 is 0 Å². The van der Waals surface area contributed by atoms with Crippen LogP contribution in [0.15, 0.2) is 30.3 Å². The normalized spacial score (nSPS) is 16.3. The number of hydrogen-bond acceptors (Lipinski definition) is 4. The molecule has 0 fully saturated rings.